The van der Waals surface area contributed by atoms with Crippen LogP contribution in [-0.2, 0) is 11.3 Å². The van der Waals surface area contributed by atoms with Crippen molar-refractivity contribution in [3.05, 3.63) is 71.8 Å². The molecule has 0 radical (unpaired) electrons. The van der Waals surface area contributed by atoms with Crippen LogP contribution in [0.2, 0.25) is 0 Å². The predicted molar refractivity (Wildman–Crippen MR) is 112 cm³/mol. The Hall–Kier alpha value is -2.53. The topological polar surface area (TPSA) is 36.4 Å². The van der Waals surface area contributed by atoms with Gasteiger partial charge in [0.05, 0.1) is 12.2 Å². The molecule has 0 N–H and O–H groups in total. The first-order valence-corrected chi connectivity index (χ1v) is 10.4. The van der Waals surface area contributed by atoms with Gasteiger partial charge in [-0.1, -0.05) is 30.4 Å². The zero-order chi connectivity index (χ0) is 20.1. The van der Waals surface area contributed by atoms with E-state index < -0.39 is 0 Å². The van der Waals surface area contributed by atoms with E-state index in [-0.39, 0.29) is 17.1 Å². The molecular formula is C24H28FN3O. The minimum Gasteiger partial charge on any atom is -0.336 e. The molecule has 0 bridgehead atoms. The van der Waals surface area contributed by atoms with E-state index in [9.17, 15) is 9.18 Å². The van der Waals surface area contributed by atoms with Crippen molar-refractivity contribution in [1.29, 1.82) is 0 Å². The molecule has 2 aliphatic rings. The van der Waals surface area contributed by atoms with Crippen LogP contribution in [0.3, 0.4) is 0 Å². The third-order valence-electron chi connectivity index (χ3n) is 6.29. The maximum Gasteiger partial charge on any atom is 0.222 e. The van der Waals surface area contributed by atoms with E-state index in [0.29, 0.717) is 13.0 Å². The van der Waals surface area contributed by atoms with Crippen LogP contribution in [0.5, 0.6) is 0 Å². The van der Waals surface area contributed by atoms with Gasteiger partial charge in [-0.3, -0.25) is 14.7 Å². The van der Waals surface area contributed by atoms with Crippen LogP contribution in [0.15, 0.2) is 54.7 Å². The molecule has 3 heterocycles. The minimum atomic E-state index is -0.202. The highest BCUT2D eigenvalue weighted by Crippen LogP contribution is 2.40. The molecule has 4 nitrogen and oxygen atoms in total. The van der Waals surface area contributed by atoms with Gasteiger partial charge in [0, 0.05) is 25.7 Å². The van der Waals surface area contributed by atoms with Crippen molar-refractivity contribution < 1.29 is 9.18 Å². The molecule has 2 fully saturated rings. The number of nitrogens with zero attached hydrogens (tertiary/aromatic N) is 3. The molecule has 1 aromatic carbocycles. The smallest absolute Gasteiger partial charge is 0.222 e. The lowest BCUT2D eigenvalue weighted by atomic mass is 9.72. The molecule has 5 heteroatoms. The SMILES string of the molecule is O=C1CCC2(CCN(C/C=C/c3ccc(F)cc3)CC2)CN1Cc1ccccn1. The van der Waals surface area contributed by atoms with Crippen molar-refractivity contribution in [1.82, 2.24) is 14.8 Å². The molecule has 152 valence electrons. The summed E-state index contributed by atoms with van der Waals surface area (Å²) in [7, 11) is 0. The number of likely N-dealkylation sites (tertiary alicyclic amines) is 2. The second-order valence-electron chi connectivity index (χ2n) is 8.33. The third kappa shape index (κ3) is 5.10. The van der Waals surface area contributed by atoms with Crippen molar-refractivity contribution in [2.75, 3.05) is 26.2 Å². The maximum absolute atomic E-state index is 13.0. The lowest BCUT2D eigenvalue weighted by Crippen LogP contribution is -2.51. The average Bonchev–Trinajstić information content (AvgIpc) is 2.75. The van der Waals surface area contributed by atoms with Crippen LogP contribution in [-0.4, -0.2) is 46.9 Å². The van der Waals surface area contributed by atoms with Gasteiger partial charge in [-0.25, -0.2) is 4.39 Å². The zero-order valence-electron chi connectivity index (χ0n) is 16.8. The van der Waals surface area contributed by atoms with Gasteiger partial charge >= 0.3 is 0 Å². The fourth-order valence-corrected chi connectivity index (χ4v) is 4.46. The van der Waals surface area contributed by atoms with Crippen LogP contribution in [0, 0.1) is 11.2 Å². The van der Waals surface area contributed by atoms with Crippen molar-refractivity contribution in [3.63, 3.8) is 0 Å². The summed E-state index contributed by atoms with van der Waals surface area (Å²) in [6.45, 7) is 4.48. The Bertz CT molecular complexity index is 842. The fourth-order valence-electron chi connectivity index (χ4n) is 4.46. The highest BCUT2D eigenvalue weighted by atomic mass is 19.1. The fraction of sp³-hybridized carbons (Fsp3) is 0.417. The van der Waals surface area contributed by atoms with E-state index in [4.69, 9.17) is 0 Å². The Labute approximate surface area is 172 Å². The van der Waals surface area contributed by atoms with E-state index in [1.54, 1.807) is 18.3 Å². The second kappa shape index (κ2) is 8.87. The Morgan fingerprint density at radius 3 is 2.59 bits per heavy atom. The number of hydrogen-bond donors (Lipinski definition) is 0. The lowest BCUT2D eigenvalue weighted by molar-refractivity contribution is -0.139. The molecule has 0 saturated carbocycles. The number of amides is 1. The molecule has 4 rings (SSSR count). The monoisotopic (exact) mass is 393 g/mol. The summed E-state index contributed by atoms with van der Waals surface area (Å²) >= 11 is 0. The van der Waals surface area contributed by atoms with E-state index in [1.807, 2.05) is 23.1 Å². The molecule has 29 heavy (non-hydrogen) atoms. The molecule has 2 aromatic rings. The standard InChI is InChI=1S/C24H28FN3O/c25-21-8-6-20(7-9-21)4-3-15-27-16-12-24(13-17-27)11-10-23(29)28(19-24)18-22-5-1-2-14-26-22/h1-9,14H,10-13,15-19H2/b4-3+. The first kappa shape index (κ1) is 19.8. The molecule has 0 aliphatic carbocycles. The largest absolute Gasteiger partial charge is 0.336 e. The number of benzene rings is 1. The summed E-state index contributed by atoms with van der Waals surface area (Å²) in [5, 5.41) is 0. The zero-order valence-corrected chi connectivity index (χ0v) is 16.8. The van der Waals surface area contributed by atoms with Crippen LogP contribution in [0.25, 0.3) is 6.08 Å². The number of pyridine rings is 1. The normalized spacial score (nSPS) is 19.9. The van der Waals surface area contributed by atoms with Crippen LogP contribution < -0.4 is 0 Å². The van der Waals surface area contributed by atoms with Crippen molar-refractivity contribution in [2.45, 2.75) is 32.2 Å². The highest BCUT2D eigenvalue weighted by Gasteiger charge is 2.40. The molecule has 0 unspecified atom stereocenters. The predicted octanol–water partition coefficient (Wildman–Crippen LogP) is 4.14. The van der Waals surface area contributed by atoms with Gasteiger partial charge in [0.15, 0.2) is 0 Å². The summed E-state index contributed by atoms with van der Waals surface area (Å²) < 4.78 is 13.0. The Morgan fingerprint density at radius 2 is 1.86 bits per heavy atom. The average molecular weight is 394 g/mol. The number of piperidine rings is 2. The molecule has 1 spiro atoms. The third-order valence-corrected chi connectivity index (χ3v) is 6.29. The molecular weight excluding hydrogens is 365 g/mol. The lowest BCUT2D eigenvalue weighted by Gasteiger charge is -2.47. The van der Waals surface area contributed by atoms with Gasteiger partial charge in [0.25, 0.3) is 0 Å². The van der Waals surface area contributed by atoms with Gasteiger partial charge in [0.2, 0.25) is 5.91 Å². The number of hydrogen-bond acceptors (Lipinski definition) is 3. The van der Waals surface area contributed by atoms with E-state index in [0.717, 1.165) is 56.7 Å². The van der Waals surface area contributed by atoms with Crippen molar-refractivity contribution >= 4 is 12.0 Å². The summed E-state index contributed by atoms with van der Waals surface area (Å²) in [6.07, 6.45) is 9.91. The summed E-state index contributed by atoms with van der Waals surface area (Å²) in [6, 6.07) is 12.5. The minimum absolute atomic E-state index is 0.202. The molecule has 0 atom stereocenters. The van der Waals surface area contributed by atoms with Gasteiger partial charge in [-0.2, -0.15) is 0 Å². The summed E-state index contributed by atoms with van der Waals surface area (Å²) in [5.41, 5.74) is 2.23. The first-order chi connectivity index (χ1) is 14.1. The number of rotatable bonds is 5. The quantitative estimate of drug-likeness (QED) is 0.766. The Kier molecular flexibility index (Phi) is 6.05. The van der Waals surface area contributed by atoms with Gasteiger partial charge in [0.1, 0.15) is 5.82 Å². The molecule has 2 aliphatic heterocycles. The van der Waals surface area contributed by atoms with Gasteiger partial charge in [-0.15, -0.1) is 0 Å². The number of halogens is 1. The second-order valence-corrected chi connectivity index (χ2v) is 8.33. The van der Waals surface area contributed by atoms with Crippen LogP contribution in [0.1, 0.15) is 36.9 Å². The molecule has 1 amide bonds. The van der Waals surface area contributed by atoms with E-state index >= 15 is 0 Å². The van der Waals surface area contributed by atoms with Crippen molar-refractivity contribution in [3.8, 4) is 0 Å². The number of carbonyl (C=O) groups is 1. The Morgan fingerprint density at radius 1 is 1.07 bits per heavy atom. The molecule has 1 aromatic heterocycles. The van der Waals surface area contributed by atoms with Crippen LogP contribution >= 0.6 is 0 Å². The highest BCUT2D eigenvalue weighted by molar-refractivity contribution is 5.77. The summed E-state index contributed by atoms with van der Waals surface area (Å²) in [4.78, 5) is 21.3. The number of carbonyl (C=O) groups excluding carboxylic acids is 1. The molecule has 2 saturated heterocycles. The van der Waals surface area contributed by atoms with E-state index in [1.165, 1.54) is 12.1 Å². The first-order valence-electron chi connectivity index (χ1n) is 10.4. The van der Waals surface area contributed by atoms with Gasteiger partial charge in [-0.05, 0) is 67.6 Å². The van der Waals surface area contributed by atoms with Gasteiger partial charge < -0.3 is 4.90 Å². The Balaban J connectivity index is 1.29. The van der Waals surface area contributed by atoms with Crippen LogP contribution in [0.4, 0.5) is 4.39 Å². The van der Waals surface area contributed by atoms with E-state index in [2.05, 4.69) is 22.0 Å². The number of aromatic nitrogens is 1. The van der Waals surface area contributed by atoms with Crippen molar-refractivity contribution in [2.24, 2.45) is 5.41 Å². The summed E-state index contributed by atoms with van der Waals surface area (Å²) in [5.74, 6) is 0.0532. The maximum atomic E-state index is 13.0.